The second-order valence-corrected chi connectivity index (χ2v) is 8.26. The van der Waals surface area contributed by atoms with Gasteiger partial charge in [-0.1, -0.05) is 53.7 Å². The second-order valence-electron chi connectivity index (χ2n) is 6.91. The zero-order valence-electron chi connectivity index (χ0n) is 17.6. The number of anilines is 1. The molecule has 33 heavy (non-hydrogen) atoms. The summed E-state index contributed by atoms with van der Waals surface area (Å²) in [4.78, 5) is 44.3. The molecule has 170 valence electrons. The van der Waals surface area contributed by atoms with Crippen LogP contribution in [0.15, 0.2) is 59.8 Å². The van der Waals surface area contributed by atoms with Crippen LogP contribution in [0.25, 0.3) is 0 Å². The minimum Gasteiger partial charge on any atom is -0.447 e. The van der Waals surface area contributed by atoms with Gasteiger partial charge in [-0.25, -0.2) is 9.97 Å². The average molecular weight is 487 g/mol. The first-order chi connectivity index (χ1) is 15.7. The summed E-state index contributed by atoms with van der Waals surface area (Å²) in [5, 5.41) is 13.9. The van der Waals surface area contributed by atoms with Crippen molar-refractivity contribution in [3.05, 3.63) is 86.7 Å². The molecule has 9 nitrogen and oxygen atoms in total. The van der Waals surface area contributed by atoms with Gasteiger partial charge in [-0.05, 0) is 26.0 Å². The highest BCUT2D eigenvalue weighted by atomic mass is 35.5. The van der Waals surface area contributed by atoms with Crippen molar-refractivity contribution in [2.45, 2.75) is 25.1 Å². The number of rotatable bonds is 8. The number of carbonyl (C=O) groups excluding carboxylic acids is 2. The molecule has 1 heterocycles. The molecule has 1 aromatic heterocycles. The van der Waals surface area contributed by atoms with E-state index in [4.69, 9.17) is 16.3 Å². The number of hydrogen-bond donors (Lipinski definition) is 1. The van der Waals surface area contributed by atoms with E-state index >= 15 is 0 Å². The zero-order chi connectivity index (χ0) is 24.0. The Hall–Kier alpha value is -3.50. The van der Waals surface area contributed by atoms with E-state index in [0.717, 1.165) is 29.2 Å². The van der Waals surface area contributed by atoms with Gasteiger partial charge in [-0.15, -0.1) is 0 Å². The third-order valence-corrected chi connectivity index (χ3v) is 5.43. The van der Waals surface area contributed by atoms with E-state index in [-0.39, 0.29) is 22.2 Å². The number of nitro benzene ring substituents is 1. The fourth-order valence-corrected chi connectivity index (χ4v) is 3.82. The molecule has 0 fully saturated rings. The molecule has 0 radical (unpaired) electrons. The summed E-state index contributed by atoms with van der Waals surface area (Å²) < 4.78 is 5.48. The molecule has 1 N–H and O–H groups in total. The first-order valence-electron chi connectivity index (χ1n) is 9.67. The molecular weight excluding hydrogens is 468 g/mol. The smallest absolute Gasteiger partial charge is 0.317 e. The molecule has 0 saturated carbocycles. The van der Waals surface area contributed by atoms with Gasteiger partial charge < -0.3 is 10.1 Å². The van der Waals surface area contributed by atoms with Gasteiger partial charge in [0, 0.05) is 29.1 Å². The molecule has 0 aliphatic rings. The van der Waals surface area contributed by atoms with Crippen LogP contribution in [0.4, 0.5) is 11.4 Å². The number of nitrogens with zero attached hydrogens (tertiary/aromatic N) is 3. The van der Waals surface area contributed by atoms with Crippen molar-refractivity contribution in [2.24, 2.45) is 0 Å². The van der Waals surface area contributed by atoms with Crippen LogP contribution in [0, 0.1) is 24.0 Å². The van der Waals surface area contributed by atoms with Crippen LogP contribution in [0.3, 0.4) is 0 Å². The van der Waals surface area contributed by atoms with Gasteiger partial charge in [0.05, 0.1) is 21.4 Å². The number of benzene rings is 2. The quantitative estimate of drug-likeness (QED) is 0.160. The lowest BCUT2D eigenvalue weighted by molar-refractivity contribution is -0.384. The van der Waals surface area contributed by atoms with E-state index in [1.165, 1.54) is 12.1 Å². The van der Waals surface area contributed by atoms with Crippen molar-refractivity contribution in [3.8, 4) is 0 Å². The summed E-state index contributed by atoms with van der Waals surface area (Å²) in [6.07, 6.45) is -1.26. The number of ether oxygens (including phenoxy) is 1. The Labute approximate surface area is 198 Å². The fourth-order valence-electron chi connectivity index (χ4n) is 2.87. The third-order valence-electron chi connectivity index (χ3n) is 4.29. The Kier molecular flexibility index (Phi) is 7.96. The van der Waals surface area contributed by atoms with Crippen LogP contribution < -0.4 is 5.32 Å². The highest BCUT2D eigenvalue weighted by Gasteiger charge is 2.26. The van der Waals surface area contributed by atoms with Crippen LogP contribution in [-0.4, -0.2) is 32.5 Å². The number of halogens is 1. The molecule has 2 aromatic carbocycles. The summed E-state index contributed by atoms with van der Waals surface area (Å²) in [6.45, 7) is 3.66. The van der Waals surface area contributed by atoms with Gasteiger partial charge >= 0.3 is 5.97 Å². The summed E-state index contributed by atoms with van der Waals surface area (Å²) in [6, 6.07) is 14.0. The Balaban J connectivity index is 1.74. The summed E-state index contributed by atoms with van der Waals surface area (Å²) in [7, 11) is 0. The largest absolute Gasteiger partial charge is 0.447 e. The number of nitrogens with one attached hydrogen (secondary N) is 1. The standard InChI is InChI=1S/C22H19ClN4O5S/c1-13-10-14(2)25-22(24-13)33-12-19(28)32-20(15-6-4-3-5-7-15)21(29)26-18-9-8-16(27(30)31)11-17(18)23/h3-11,20H,12H2,1-2H3,(H,26,29). The van der Waals surface area contributed by atoms with Crippen molar-refractivity contribution in [1.82, 2.24) is 9.97 Å². The molecule has 3 rings (SSSR count). The molecule has 11 heteroatoms. The number of hydrogen-bond acceptors (Lipinski definition) is 8. The lowest BCUT2D eigenvalue weighted by Crippen LogP contribution is -2.26. The number of amides is 1. The number of thioether (sulfide) groups is 1. The third kappa shape index (κ3) is 6.74. The molecule has 0 saturated heterocycles. The first-order valence-corrected chi connectivity index (χ1v) is 11.0. The minimum absolute atomic E-state index is 0.0155. The SMILES string of the molecule is Cc1cc(C)nc(SCC(=O)OC(C(=O)Nc2ccc([N+](=O)[O-])cc2Cl)c2ccccc2)n1. The lowest BCUT2D eigenvalue weighted by Gasteiger charge is -2.18. The van der Waals surface area contributed by atoms with Gasteiger partial charge in [0.25, 0.3) is 11.6 Å². The Morgan fingerprint density at radius 2 is 1.79 bits per heavy atom. The van der Waals surface area contributed by atoms with E-state index in [9.17, 15) is 19.7 Å². The molecule has 0 bridgehead atoms. The molecule has 3 aromatic rings. The Morgan fingerprint density at radius 3 is 2.39 bits per heavy atom. The highest BCUT2D eigenvalue weighted by molar-refractivity contribution is 7.99. The monoisotopic (exact) mass is 486 g/mol. The maximum Gasteiger partial charge on any atom is 0.317 e. The summed E-state index contributed by atoms with van der Waals surface area (Å²) in [5.74, 6) is -1.39. The zero-order valence-corrected chi connectivity index (χ0v) is 19.2. The van der Waals surface area contributed by atoms with Gasteiger partial charge in [0.15, 0.2) is 5.16 Å². The number of esters is 1. The van der Waals surface area contributed by atoms with Crippen molar-refractivity contribution >= 4 is 46.6 Å². The van der Waals surface area contributed by atoms with Crippen LogP contribution in [0.5, 0.6) is 0 Å². The van der Waals surface area contributed by atoms with E-state index in [0.29, 0.717) is 10.7 Å². The number of nitro groups is 1. The van der Waals surface area contributed by atoms with E-state index in [2.05, 4.69) is 15.3 Å². The number of aryl methyl sites for hydroxylation is 2. The maximum absolute atomic E-state index is 13.0. The summed E-state index contributed by atoms with van der Waals surface area (Å²) >= 11 is 7.18. The van der Waals surface area contributed by atoms with Crippen LogP contribution in [0.1, 0.15) is 23.1 Å². The van der Waals surface area contributed by atoms with Crippen molar-refractivity contribution in [1.29, 1.82) is 0 Å². The molecule has 0 aliphatic heterocycles. The van der Waals surface area contributed by atoms with Crippen molar-refractivity contribution in [3.63, 3.8) is 0 Å². The van der Waals surface area contributed by atoms with Crippen LogP contribution in [-0.2, 0) is 14.3 Å². The maximum atomic E-state index is 13.0. The normalized spacial score (nSPS) is 11.5. The lowest BCUT2D eigenvalue weighted by atomic mass is 10.1. The predicted molar refractivity (Wildman–Crippen MR) is 124 cm³/mol. The Bertz CT molecular complexity index is 1170. The molecule has 0 spiro atoms. The van der Waals surface area contributed by atoms with Crippen molar-refractivity contribution < 1.29 is 19.2 Å². The van der Waals surface area contributed by atoms with E-state index in [1.807, 2.05) is 19.9 Å². The number of aromatic nitrogens is 2. The molecule has 1 unspecified atom stereocenters. The van der Waals surface area contributed by atoms with Gasteiger partial charge in [0.1, 0.15) is 0 Å². The Morgan fingerprint density at radius 1 is 1.12 bits per heavy atom. The number of carbonyl (C=O) groups is 2. The minimum atomic E-state index is -1.26. The molecule has 0 aliphatic carbocycles. The first kappa shape index (κ1) is 24.1. The fraction of sp³-hybridized carbons (Fsp3) is 0.182. The highest BCUT2D eigenvalue weighted by Crippen LogP contribution is 2.29. The van der Waals surface area contributed by atoms with E-state index in [1.54, 1.807) is 30.3 Å². The molecule has 1 amide bonds. The topological polar surface area (TPSA) is 124 Å². The summed E-state index contributed by atoms with van der Waals surface area (Å²) in [5.41, 5.74) is 1.95. The average Bonchev–Trinajstić information content (AvgIpc) is 2.77. The molecular formula is C22H19ClN4O5S. The molecule has 1 atom stereocenters. The van der Waals surface area contributed by atoms with Gasteiger partial charge in [-0.2, -0.15) is 0 Å². The van der Waals surface area contributed by atoms with Crippen molar-refractivity contribution in [2.75, 3.05) is 11.1 Å². The van der Waals surface area contributed by atoms with E-state index < -0.39 is 22.9 Å². The van der Waals surface area contributed by atoms with Crippen LogP contribution in [0.2, 0.25) is 5.02 Å². The number of non-ortho nitro benzene ring substituents is 1. The predicted octanol–water partition coefficient (Wildman–Crippen LogP) is 4.67. The van der Waals surface area contributed by atoms with Crippen LogP contribution >= 0.6 is 23.4 Å². The van der Waals surface area contributed by atoms with Gasteiger partial charge in [0.2, 0.25) is 6.10 Å². The second kappa shape index (κ2) is 10.9. The van der Waals surface area contributed by atoms with Gasteiger partial charge in [-0.3, -0.25) is 19.7 Å².